The Morgan fingerprint density at radius 3 is 2.50 bits per heavy atom. The summed E-state index contributed by atoms with van der Waals surface area (Å²) in [6.45, 7) is 0.209. The largest absolute Gasteiger partial charge is 0.497 e. The zero-order chi connectivity index (χ0) is 20.1. The molecule has 0 bridgehead atoms. The first-order valence-corrected chi connectivity index (χ1v) is 8.88. The van der Waals surface area contributed by atoms with Crippen LogP contribution in [0.2, 0.25) is 0 Å². The highest BCUT2D eigenvalue weighted by Gasteiger charge is 2.37. The molecule has 3 atom stereocenters. The number of amides is 1. The minimum atomic E-state index is -0.847. The van der Waals surface area contributed by atoms with Crippen LogP contribution in [0.1, 0.15) is 11.1 Å². The van der Waals surface area contributed by atoms with Gasteiger partial charge in [-0.1, -0.05) is 12.1 Å². The molecule has 2 aromatic carbocycles. The number of β-amino-alcohol motifs (C(OH)–C–C–N with tert-alkyl or cyclic N) is 1. The Morgan fingerprint density at radius 2 is 1.86 bits per heavy atom. The molecule has 0 radical (unpaired) electrons. The van der Waals surface area contributed by atoms with E-state index in [0.29, 0.717) is 13.0 Å². The molecule has 1 saturated heterocycles. The SMILES string of the molecule is COc1ccc(C[C@H]2NCC(O)[C@H]2OC(=O)NCc2cc(F)cc(F)c2)cc1. The maximum absolute atomic E-state index is 13.2. The van der Waals surface area contributed by atoms with Crippen molar-refractivity contribution in [3.05, 3.63) is 65.2 Å². The van der Waals surface area contributed by atoms with E-state index in [1.807, 2.05) is 24.3 Å². The summed E-state index contributed by atoms with van der Waals surface area (Å²) in [5, 5.41) is 15.7. The quantitative estimate of drug-likeness (QED) is 0.702. The second kappa shape index (κ2) is 8.99. The summed E-state index contributed by atoms with van der Waals surface area (Å²) in [6.07, 6.45) is -1.81. The van der Waals surface area contributed by atoms with Gasteiger partial charge in [0, 0.05) is 19.2 Å². The molecule has 8 heteroatoms. The normalized spacial score (nSPS) is 21.4. The number of carbonyl (C=O) groups is 1. The van der Waals surface area contributed by atoms with Gasteiger partial charge in [-0.15, -0.1) is 0 Å². The minimum Gasteiger partial charge on any atom is -0.497 e. The fraction of sp³-hybridized carbons (Fsp3) is 0.350. The van der Waals surface area contributed by atoms with E-state index < -0.39 is 29.9 Å². The van der Waals surface area contributed by atoms with Crippen LogP contribution in [-0.2, 0) is 17.7 Å². The van der Waals surface area contributed by atoms with Gasteiger partial charge in [-0.2, -0.15) is 0 Å². The van der Waals surface area contributed by atoms with Crippen LogP contribution >= 0.6 is 0 Å². The van der Waals surface area contributed by atoms with Crippen molar-refractivity contribution in [1.29, 1.82) is 0 Å². The summed E-state index contributed by atoms with van der Waals surface area (Å²) in [7, 11) is 1.59. The number of aliphatic hydroxyl groups is 1. The Hall–Kier alpha value is -2.71. The maximum atomic E-state index is 13.2. The second-order valence-electron chi connectivity index (χ2n) is 6.64. The lowest BCUT2D eigenvalue weighted by Gasteiger charge is -2.22. The number of aliphatic hydroxyl groups excluding tert-OH is 1. The lowest BCUT2D eigenvalue weighted by atomic mass is 10.0. The standard InChI is InChI=1S/C20H22F2N2O4/c1-27-16-4-2-12(3-5-16)8-17-19(18(25)11-23-17)28-20(26)24-10-13-6-14(21)9-15(22)7-13/h2-7,9,17-19,23,25H,8,10-11H2,1H3,(H,24,26)/t17-,18?,19+/m1/s1. The molecular formula is C20H22F2N2O4. The minimum absolute atomic E-state index is 0.0904. The van der Waals surface area contributed by atoms with Crippen LogP contribution in [0.15, 0.2) is 42.5 Å². The molecule has 1 unspecified atom stereocenters. The molecule has 2 aromatic rings. The van der Waals surface area contributed by atoms with Crippen molar-refractivity contribution in [2.45, 2.75) is 31.2 Å². The maximum Gasteiger partial charge on any atom is 0.407 e. The monoisotopic (exact) mass is 392 g/mol. The van der Waals surface area contributed by atoms with Crippen molar-refractivity contribution in [2.75, 3.05) is 13.7 Å². The van der Waals surface area contributed by atoms with E-state index in [0.717, 1.165) is 29.5 Å². The van der Waals surface area contributed by atoms with Gasteiger partial charge in [-0.05, 0) is 41.8 Å². The van der Waals surface area contributed by atoms with Crippen LogP contribution in [0.5, 0.6) is 5.75 Å². The average molecular weight is 392 g/mol. The highest BCUT2D eigenvalue weighted by molar-refractivity contribution is 5.67. The van der Waals surface area contributed by atoms with Crippen molar-refractivity contribution in [1.82, 2.24) is 10.6 Å². The van der Waals surface area contributed by atoms with E-state index >= 15 is 0 Å². The molecule has 1 heterocycles. The van der Waals surface area contributed by atoms with Crippen LogP contribution in [0, 0.1) is 11.6 Å². The number of carbonyl (C=O) groups excluding carboxylic acids is 1. The number of ether oxygens (including phenoxy) is 2. The number of methoxy groups -OCH3 is 1. The highest BCUT2D eigenvalue weighted by atomic mass is 19.1. The van der Waals surface area contributed by atoms with Crippen molar-refractivity contribution in [2.24, 2.45) is 0 Å². The number of halogens is 2. The van der Waals surface area contributed by atoms with Crippen molar-refractivity contribution in [3.8, 4) is 5.75 Å². The predicted molar refractivity (Wildman–Crippen MR) is 98.0 cm³/mol. The lowest BCUT2D eigenvalue weighted by molar-refractivity contribution is 0.0188. The Morgan fingerprint density at radius 1 is 1.18 bits per heavy atom. The number of benzene rings is 2. The number of nitrogens with one attached hydrogen (secondary N) is 2. The van der Waals surface area contributed by atoms with E-state index in [1.54, 1.807) is 7.11 Å². The summed E-state index contributed by atoms with van der Waals surface area (Å²) in [5.74, 6) is -0.704. The average Bonchev–Trinajstić information content (AvgIpc) is 3.00. The molecule has 150 valence electrons. The third kappa shape index (κ3) is 5.17. The first-order chi connectivity index (χ1) is 13.4. The second-order valence-corrected chi connectivity index (χ2v) is 6.64. The van der Waals surface area contributed by atoms with Gasteiger partial charge in [-0.3, -0.25) is 0 Å². The fourth-order valence-corrected chi connectivity index (χ4v) is 3.19. The van der Waals surface area contributed by atoms with Crippen molar-refractivity contribution < 1.29 is 28.2 Å². The smallest absolute Gasteiger partial charge is 0.407 e. The predicted octanol–water partition coefficient (Wildman–Crippen LogP) is 2.14. The van der Waals surface area contributed by atoms with Gasteiger partial charge in [0.2, 0.25) is 0 Å². The first kappa shape index (κ1) is 20.0. The molecule has 3 rings (SSSR count). The van der Waals surface area contributed by atoms with Gasteiger partial charge in [0.05, 0.1) is 13.2 Å². The summed E-state index contributed by atoms with van der Waals surface area (Å²) in [4.78, 5) is 12.1. The van der Waals surface area contributed by atoms with Crippen LogP contribution < -0.4 is 15.4 Å². The topological polar surface area (TPSA) is 79.8 Å². The molecule has 0 saturated carbocycles. The highest BCUT2D eigenvalue weighted by Crippen LogP contribution is 2.19. The van der Waals surface area contributed by atoms with Gasteiger partial charge < -0.3 is 25.2 Å². The van der Waals surface area contributed by atoms with Gasteiger partial charge in [-0.25, -0.2) is 13.6 Å². The molecular weight excluding hydrogens is 370 g/mol. The molecule has 28 heavy (non-hydrogen) atoms. The molecule has 0 spiro atoms. The van der Waals surface area contributed by atoms with E-state index in [1.165, 1.54) is 0 Å². The molecule has 1 fully saturated rings. The molecule has 0 aromatic heterocycles. The van der Waals surface area contributed by atoms with Crippen molar-refractivity contribution in [3.63, 3.8) is 0 Å². The van der Waals surface area contributed by atoms with Gasteiger partial charge in [0.1, 0.15) is 29.6 Å². The summed E-state index contributed by atoms with van der Waals surface area (Å²) < 4.78 is 36.9. The molecule has 3 N–H and O–H groups in total. The molecule has 1 amide bonds. The van der Waals surface area contributed by atoms with Crippen LogP contribution in [0.3, 0.4) is 0 Å². The van der Waals surface area contributed by atoms with Gasteiger partial charge in [0.15, 0.2) is 0 Å². The Kier molecular flexibility index (Phi) is 6.43. The Balaban J connectivity index is 1.56. The zero-order valence-electron chi connectivity index (χ0n) is 15.3. The number of alkyl carbamates (subject to hydrolysis) is 1. The van der Waals surface area contributed by atoms with Crippen LogP contribution in [-0.4, -0.2) is 43.1 Å². The van der Waals surface area contributed by atoms with Gasteiger partial charge in [0.25, 0.3) is 0 Å². The fourth-order valence-electron chi connectivity index (χ4n) is 3.19. The van der Waals surface area contributed by atoms with E-state index in [2.05, 4.69) is 10.6 Å². The van der Waals surface area contributed by atoms with Crippen LogP contribution in [0.4, 0.5) is 13.6 Å². The molecule has 0 aliphatic carbocycles. The zero-order valence-corrected chi connectivity index (χ0v) is 15.3. The van der Waals surface area contributed by atoms with E-state index in [4.69, 9.17) is 9.47 Å². The summed E-state index contributed by atoms with van der Waals surface area (Å²) in [5.41, 5.74) is 1.27. The molecule has 6 nitrogen and oxygen atoms in total. The number of rotatable bonds is 6. The van der Waals surface area contributed by atoms with E-state index in [9.17, 15) is 18.7 Å². The van der Waals surface area contributed by atoms with Crippen LogP contribution in [0.25, 0.3) is 0 Å². The first-order valence-electron chi connectivity index (χ1n) is 8.88. The summed E-state index contributed by atoms with van der Waals surface area (Å²) in [6, 6.07) is 10.2. The Bertz CT molecular complexity index is 796. The third-order valence-corrected chi connectivity index (χ3v) is 4.58. The third-order valence-electron chi connectivity index (χ3n) is 4.58. The number of hydrogen-bond acceptors (Lipinski definition) is 5. The lowest BCUT2D eigenvalue weighted by Crippen LogP contribution is -2.41. The Labute approximate surface area is 161 Å². The molecule has 1 aliphatic heterocycles. The van der Waals surface area contributed by atoms with Crippen molar-refractivity contribution >= 4 is 6.09 Å². The molecule has 1 aliphatic rings. The van der Waals surface area contributed by atoms with E-state index in [-0.39, 0.29) is 18.2 Å². The summed E-state index contributed by atoms with van der Waals surface area (Å²) >= 11 is 0. The van der Waals surface area contributed by atoms with Gasteiger partial charge >= 0.3 is 6.09 Å². The number of hydrogen-bond donors (Lipinski definition) is 3.